The van der Waals surface area contributed by atoms with Crippen LogP contribution in [0.5, 0.6) is 0 Å². The van der Waals surface area contributed by atoms with Gasteiger partial charge in [0.05, 0.1) is 30.4 Å². The van der Waals surface area contributed by atoms with Gasteiger partial charge in [0.15, 0.2) is 0 Å². The molecule has 10 heteroatoms. The van der Waals surface area contributed by atoms with E-state index in [1.807, 2.05) is 11.8 Å². The molecule has 0 bridgehead atoms. The molecule has 0 spiro atoms. The molecule has 25 heavy (non-hydrogen) atoms. The second kappa shape index (κ2) is 8.58. The highest BCUT2D eigenvalue weighted by atomic mass is 79.9. The average molecular weight is 473 g/mol. The number of primary sulfonamides is 1. The summed E-state index contributed by atoms with van der Waals surface area (Å²) in [4.78, 5) is 1.72. The lowest BCUT2D eigenvalue weighted by Gasteiger charge is -2.28. The molecule has 1 aliphatic heterocycles. The van der Waals surface area contributed by atoms with Crippen LogP contribution >= 0.6 is 23.4 Å². The zero-order valence-corrected chi connectivity index (χ0v) is 18.3. The summed E-state index contributed by atoms with van der Waals surface area (Å²) in [6, 6.07) is 4.47. The Hall–Kier alpha value is -0.320. The van der Waals surface area contributed by atoms with E-state index in [9.17, 15) is 13.5 Å². The van der Waals surface area contributed by atoms with Crippen molar-refractivity contribution in [2.24, 2.45) is 5.14 Å². The van der Waals surface area contributed by atoms with Crippen molar-refractivity contribution in [3.05, 3.63) is 28.8 Å². The fourth-order valence-corrected chi connectivity index (χ4v) is 5.44. The highest BCUT2D eigenvalue weighted by Gasteiger charge is 2.51. The predicted molar refractivity (Wildman–Crippen MR) is 97.9 cm³/mol. The summed E-state index contributed by atoms with van der Waals surface area (Å²) in [6.45, 7) is 8.32. The van der Waals surface area contributed by atoms with Gasteiger partial charge in [0, 0.05) is 5.56 Å². The third-order valence-electron chi connectivity index (χ3n) is 4.13. The number of thioether (sulfide) groups is 1. The molecular weight excluding hydrogens is 450 g/mol. The third kappa shape index (κ3) is 4.33. The number of sulfonamides is 1. The SMILES string of the molecule is CCN1C(=[N+](CC)CC)SCC1(O)c1ccc(Cl)c(S(N)(=O)=O)c1.[Br-]. The number of amidine groups is 1. The maximum absolute atomic E-state index is 11.7. The number of nitrogens with two attached hydrogens (primary N) is 1. The van der Waals surface area contributed by atoms with Gasteiger partial charge in [0.1, 0.15) is 4.90 Å². The lowest BCUT2D eigenvalue weighted by molar-refractivity contribution is -0.523. The average Bonchev–Trinajstić information content (AvgIpc) is 2.86. The summed E-state index contributed by atoms with van der Waals surface area (Å²) in [5.74, 6) is 0.401. The van der Waals surface area contributed by atoms with Crippen LogP contribution in [0.4, 0.5) is 0 Å². The van der Waals surface area contributed by atoms with E-state index >= 15 is 0 Å². The first kappa shape index (κ1) is 22.7. The van der Waals surface area contributed by atoms with Crippen LogP contribution in [0.2, 0.25) is 5.02 Å². The van der Waals surface area contributed by atoms with Crippen molar-refractivity contribution in [3.8, 4) is 0 Å². The van der Waals surface area contributed by atoms with Crippen LogP contribution in [0, 0.1) is 0 Å². The van der Waals surface area contributed by atoms with Crippen molar-refractivity contribution in [2.75, 3.05) is 25.4 Å². The normalized spacial score (nSPS) is 20.6. The van der Waals surface area contributed by atoms with Gasteiger partial charge in [-0.05, 0) is 44.7 Å². The molecule has 1 fully saturated rings. The van der Waals surface area contributed by atoms with Gasteiger partial charge >= 0.3 is 5.17 Å². The van der Waals surface area contributed by atoms with Crippen molar-refractivity contribution < 1.29 is 35.1 Å². The Morgan fingerprint density at radius 3 is 2.44 bits per heavy atom. The minimum atomic E-state index is -3.96. The Morgan fingerprint density at radius 1 is 1.36 bits per heavy atom. The lowest BCUT2D eigenvalue weighted by Crippen LogP contribution is -3.00. The van der Waals surface area contributed by atoms with Gasteiger partial charge in [-0.15, -0.1) is 0 Å². The smallest absolute Gasteiger partial charge is 0.311 e. The second-order valence-electron chi connectivity index (χ2n) is 5.49. The van der Waals surface area contributed by atoms with E-state index in [1.165, 1.54) is 12.1 Å². The van der Waals surface area contributed by atoms with Gasteiger partial charge in [-0.1, -0.05) is 17.7 Å². The number of hydrogen-bond acceptors (Lipinski definition) is 4. The quantitative estimate of drug-likeness (QED) is 0.516. The van der Waals surface area contributed by atoms with E-state index in [2.05, 4.69) is 18.4 Å². The van der Waals surface area contributed by atoms with Crippen LogP contribution in [0.3, 0.4) is 0 Å². The zero-order valence-electron chi connectivity index (χ0n) is 14.4. The fourth-order valence-electron chi connectivity index (χ4n) is 2.84. The van der Waals surface area contributed by atoms with Crippen LogP contribution in [0.1, 0.15) is 26.3 Å². The van der Waals surface area contributed by atoms with Crippen molar-refractivity contribution in [2.45, 2.75) is 31.4 Å². The van der Waals surface area contributed by atoms with Gasteiger partial charge < -0.3 is 22.1 Å². The Balaban J connectivity index is 0.00000312. The molecule has 0 saturated carbocycles. The summed E-state index contributed by atoms with van der Waals surface area (Å²) in [7, 11) is -3.96. The van der Waals surface area contributed by atoms with E-state index < -0.39 is 15.7 Å². The van der Waals surface area contributed by atoms with Gasteiger partial charge in [-0.3, -0.25) is 4.58 Å². The number of halogens is 2. The number of hydrogen-bond donors (Lipinski definition) is 2. The number of rotatable bonds is 5. The van der Waals surface area contributed by atoms with Crippen molar-refractivity contribution in [3.63, 3.8) is 0 Å². The van der Waals surface area contributed by atoms with Crippen molar-refractivity contribution in [1.29, 1.82) is 0 Å². The highest BCUT2D eigenvalue weighted by molar-refractivity contribution is 8.13. The first-order valence-corrected chi connectivity index (χ1v) is 10.7. The first-order valence-electron chi connectivity index (χ1n) is 7.76. The number of nitrogens with zero attached hydrogens (tertiary/aromatic N) is 2. The minimum absolute atomic E-state index is 0. The van der Waals surface area contributed by atoms with E-state index in [-0.39, 0.29) is 26.9 Å². The van der Waals surface area contributed by atoms with Crippen LogP contribution in [0.15, 0.2) is 23.1 Å². The van der Waals surface area contributed by atoms with Gasteiger partial charge in [0.25, 0.3) is 0 Å². The molecular formula is C15H23BrClN3O3S2. The Kier molecular flexibility index (Phi) is 7.80. The molecule has 3 N–H and O–H groups in total. The van der Waals surface area contributed by atoms with Crippen LogP contribution in [-0.2, 0) is 15.7 Å². The number of aliphatic hydroxyl groups is 1. The molecule has 0 aromatic heterocycles. The Bertz CT molecular complexity index is 767. The molecule has 0 amide bonds. The largest absolute Gasteiger partial charge is 1.00 e. The molecule has 2 rings (SSSR count). The highest BCUT2D eigenvalue weighted by Crippen LogP contribution is 2.40. The summed E-state index contributed by atoms with van der Waals surface area (Å²) in [5, 5.41) is 17.6. The van der Waals surface area contributed by atoms with Gasteiger partial charge in [-0.2, -0.15) is 0 Å². The van der Waals surface area contributed by atoms with E-state index in [0.717, 1.165) is 18.3 Å². The molecule has 1 heterocycles. The molecule has 1 aliphatic rings. The molecule has 6 nitrogen and oxygen atoms in total. The topological polar surface area (TPSA) is 86.6 Å². The molecule has 1 aromatic carbocycles. The molecule has 1 atom stereocenters. The lowest BCUT2D eigenvalue weighted by atomic mass is 10.0. The van der Waals surface area contributed by atoms with E-state index in [4.69, 9.17) is 16.7 Å². The van der Waals surface area contributed by atoms with Gasteiger partial charge in [0.2, 0.25) is 15.7 Å². The van der Waals surface area contributed by atoms with Crippen LogP contribution in [-0.4, -0.2) is 53.6 Å². The first-order chi connectivity index (χ1) is 11.2. The van der Waals surface area contributed by atoms with Gasteiger partial charge in [-0.25, -0.2) is 18.5 Å². The summed E-state index contributed by atoms with van der Waals surface area (Å²) >= 11 is 7.51. The van der Waals surface area contributed by atoms with Crippen molar-refractivity contribution >= 4 is 38.6 Å². The molecule has 1 unspecified atom stereocenters. The van der Waals surface area contributed by atoms with Crippen molar-refractivity contribution in [1.82, 2.24) is 4.90 Å². The second-order valence-corrected chi connectivity index (χ2v) is 8.37. The van der Waals surface area contributed by atoms with E-state index in [1.54, 1.807) is 17.8 Å². The third-order valence-corrected chi connectivity index (χ3v) is 6.81. The summed E-state index contributed by atoms with van der Waals surface area (Å²) in [6.07, 6.45) is 0. The minimum Gasteiger partial charge on any atom is -1.00 e. The molecule has 142 valence electrons. The Labute approximate surface area is 168 Å². The molecule has 0 radical (unpaired) electrons. The standard InChI is InChI=1S/C15H23ClN3O3S2.BrH/c1-4-18(5-2)14-19(6-3)15(20,10-23-14)11-7-8-12(16)13(9-11)24(17,21)22;/h7-9,20H,4-6,10H2,1-3H3,(H2,17,21,22);1H/q+1;/p-1. The molecule has 1 aromatic rings. The molecule has 0 aliphatic carbocycles. The zero-order chi connectivity index (χ0) is 18.1. The number of benzene rings is 1. The fraction of sp³-hybridized carbons (Fsp3) is 0.533. The van der Waals surface area contributed by atoms with Crippen LogP contribution < -0.4 is 22.1 Å². The maximum Gasteiger partial charge on any atom is 0.311 e. The monoisotopic (exact) mass is 471 g/mol. The summed E-state index contributed by atoms with van der Waals surface area (Å²) in [5.41, 5.74) is -0.839. The van der Waals surface area contributed by atoms with Crippen LogP contribution in [0.25, 0.3) is 0 Å². The predicted octanol–water partition coefficient (Wildman–Crippen LogP) is -1.39. The summed E-state index contributed by atoms with van der Waals surface area (Å²) < 4.78 is 25.6. The maximum atomic E-state index is 11.7. The Morgan fingerprint density at radius 2 is 1.96 bits per heavy atom. The van der Waals surface area contributed by atoms with E-state index in [0.29, 0.717) is 17.9 Å². The molecule has 1 saturated heterocycles.